The second-order valence-corrected chi connectivity index (χ2v) is 3.59. The van der Waals surface area contributed by atoms with Crippen molar-refractivity contribution in [3.63, 3.8) is 0 Å². The van der Waals surface area contributed by atoms with Crippen LogP contribution >= 0.6 is 0 Å². The van der Waals surface area contributed by atoms with E-state index < -0.39 is 6.04 Å². The fourth-order valence-corrected chi connectivity index (χ4v) is 1.63. The molecule has 0 radical (unpaired) electrons. The van der Waals surface area contributed by atoms with Crippen molar-refractivity contribution >= 4 is 5.91 Å². The third-order valence-electron chi connectivity index (χ3n) is 2.44. The van der Waals surface area contributed by atoms with Crippen molar-refractivity contribution in [2.24, 2.45) is 5.73 Å². The molecule has 1 unspecified atom stereocenters. The van der Waals surface area contributed by atoms with Crippen LogP contribution in [0.3, 0.4) is 0 Å². The minimum atomic E-state index is -0.419. The topological polar surface area (TPSA) is 60.9 Å². The zero-order valence-corrected chi connectivity index (χ0v) is 8.78. The third kappa shape index (κ3) is 2.28. The van der Waals surface area contributed by atoms with Crippen LogP contribution in [-0.2, 0) is 11.2 Å². The van der Waals surface area contributed by atoms with Gasteiger partial charge in [-0.2, -0.15) is 5.10 Å². The van der Waals surface area contributed by atoms with Gasteiger partial charge >= 0.3 is 0 Å². The van der Waals surface area contributed by atoms with E-state index in [0.717, 1.165) is 5.56 Å². The highest BCUT2D eigenvalue weighted by molar-refractivity contribution is 5.78. The molecule has 0 saturated carbocycles. The Bertz CT molecular complexity index is 450. The van der Waals surface area contributed by atoms with Crippen LogP contribution in [0, 0.1) is 0 Å². The van der Waals surface area contributed by atoms with Crippen molar-refractivity contribution in [3.05, 3.63) is 54.4 Å². The normalized spacial score (nSPS) is 12.2. The number of primary amides is 1. The Morgan fingerprint density at radius 1 is 1.31 bits per heavy atom. The van der Waals surface area contributed by atoms with E-state index >= 15 is 0 Å². The summed E-state index contributed by atoms with van der Waals surface area (Å²) in [6.07, 6.45) is 3.96. The summed E-state index contributed by atoms with van der Waals surface area (Å²) in [7, 11) is 0. The van der Waals surface area contributed by atoms with E-state index in [1.54, 1.807) is 23.1 Å². The molecule has 16 heavy (non-hydrogen) atoms. The molecule has 0 bridgehead atoms. The number of nitrogens with two attached hydrogens (primary N) is 1. The minimum absolute atomic E-state index is 0.368. The molecule has 2 rings (SSSR count). The molecule has 0 fully saturated rings. The summed E-state index contributed by atoms with van der Waals surface area (Å²) in [4.78, 5) is 11.4. The molecular formula is C12H13N3O. The summed E-state index contributed by atoms with van der Waals surface area (Å²) in [6, 6.07) is 11.1. The summed E-state index contributed by atoms with van der Waals surface area (Å²) in [5.41, 5.74) is 6.45. The number of hydrogen-bond acceptors (Lipinski definition) is 2. The van der Waals surface area contributed by atoms with Crippen LogP contribution in [-0.4, -0.2) is 15.7 Å². The number of hydrogen-bond donors (Lipinski definition) is 1. The summed E-state index contributed by atoms with van der Waals surface area (Å²) in [6.45, 7) is 0. The number of amides is 1. The quantitative estimate of drug-likeness (QED) is 0.831. The van der Waals surface area contributed by atoms with Crippen LogP contribution in [0.25, 0.3) is 0 Å². The Morgan fingerprint density at radius 3 is 2.62 bits per heavy atom. The van der Waals surface area contributed by atoms with E-state index in [4.69, 9.17) is 5.73 Å². The molecule has 2 aromatic rings. The Kier molecular flexibility index (Phi) is 3.00. The van der Waals surface area contributed by atoms with Gasteiger partial charge in [-0.25, -0.2) is 0 Å². The summed E-state index contributed by atoms with van der Waals surface area (Å²) in [5, 5.41) is 4.05. The van der Waals surface area contributed by atoms with Crippen LogP contribution < -0.4 is 5.73 Å². The second-order valence-electron chi connectivity index (χ2n) is 3.59. The largest absolute Gasteiger partial charge is 0.368 e. The van der Waals surface area contributed by atoms with E-state index in [9.17, 15) is 4.79 Å². The van der Waals surface area contributed by atoms with Crippen LogP contribution in [0.15, 0.2) is 48.8 Å². The maximum Gasteiger partial charge on any atom is 0.242 e. The monoisotopic (exact) mass is 215 g/mol. The Hall–Kier alpha value is -2.10. The Labute approximate surface area is 93.7 Å². The van der Waals surface area contributed by atoms with Crippen LogP contribution in [0.5, 0.6) is 0 Å². The fraction of sp³-hybridized carbons (Fsp3) is 0.167. The fourth-order valence-electron chi connectivity index (χ4n) is 1.63. The molecule has 4 heteroatoms. The molecule has 2 N–H and O–H groups in total. The van der Waals surface area contributed by atoms with Crippen molar-refractivity contribution in [2.75, 3.05) is 0 Å². The summed E-state index contributed by atoms with van der Waals surface area (Å²) in [5.74, 6) is -0.368. The van der Waals surface area contributed by atoms with Crippen molar-refractivity contribution in [2.45, 2.75) is 12.5 Å². The van der Waals surface area contributed by atoms with E-state index in [2.05, 4.69) is 5.10 Å². The van der Waals surface area contributed by atoms with Crippen LogP contribution in [0.1, 0.15) is 11.6 Å². The van der Waals surface area contributed by atoms with Gasteiger partial charge < -0.3 is 5.73 Å². The maximum atomic E-state index is 11.4. The molecule has 1 aromatic carbocycles. The lowest BCUT2D eigenvalue weighted by Gasteiger charge is -2.13. The molecule has 0 saturated heterocycles. The third-order valence-corrected chi connectivity index (χ3v) is 2.44. The van der Waals surface area contributed by atoms with Crippen molar-refractivity contribution in [1.29, 1.82) is 0 Å². The zero-order valence-electron chi connectivity index (χ0n) is 8.78. The molecule has 0 spiro atoms. The predicted octanol–water partition coefficient (Wildman–Crippen LogP) is 1.15. The standard InChI is InChI=1S/C12H13N3O/c13-12(16)11(15-8-4-7-14-15)9-10-5-2-1-3-6-10/h1-8,11H,9H2,(H2,13,16). The van der Waals surface area contributed by atoms with Gasteiger partial charge in [0.15, 0.2) is 0 Å². The minimum Gasteiger partial charge on any atom is -0.368 e. The second kappa shape index (κ2) is 4.61. The van der Waals surface area contributed by atoms with Gasteiger partial charge in [0.05, 0.1) is 0 Å². The van der Waals surface area contributed by atoms with Gasteiger partial charge in [-0.15, -0.1) is 0 Å². The van der Waals surface area contributed by atoms with Crippen LogP contribution in [0.2, 0.25) is 0 Å². The molecule has 1 heterocycles. The molecule has 1 amide bonds. The van der Waals surface area contributed by atoms with Gasteiger partial charge in [-0.05, 0) is 11.6 Å². The molecule has 0 aliphatic rings. The highest BCUT2D eigenvalue weighted by Gasteiger charge is 2.17. The molecule has 4 nitrogen and oxygen atoms in total. The van der Waals surface area contributed by atoms with Crippen molar-refractivity contribution in [3.8, 4) is 0 Å². The lowest BCUT2D eigenvalue weighted by Crippen LogP contribution is -2.28. The van der Waals surface area contributed by atoms with E-state index in [1.807, 2.05) is 30.3 Å². The summed E-state index contributed by atoms with van der Waals surface area (Å²) >= 11 is 0. The highest BCUT2D eigenvalue weighted by Crippen LogP contribution is 2.12. The maximum absolute atomic E-state index is 11.4. The van der Waals surface area contributed by atoms with Crippen molar-refractivity contribution < 1.29 is 4.79 Å². The van der Waals surface area contributed by atoms with Gasteiger partial charge in [0.25, 0.3) is 0 Å². The Morgan fingerprint density at radius 2 is 2.06 bits per heavy atom. The molecule has 1 aromatic heterocycles. The average molecular weight is 215 g/mol. The SMILES string of the molecule is NC(=O)C(Cc1ccccc1)n1cccn1. The lowest BCUT2D eigenvalue weighted by atomic mass is 10.1. The van der Waals surface area contributed by atoms with Gasteiger partial charge in [-0.3, -0.25) is 9.48 Å². The van der Waals surface area contributed by atoms with Gasteiger partial charge in [0, 0.05) is 18.8 Å². The lowest BCUT2D eigenvalue weighted by molar-refractivity contribution is -0.121. The number of carbonyl (C=O) groups excluding carboxylic acids is 1. The number of rotatable bonds is 4. The number of benzene rings is 1. The smallest absolute Gasteiger partial charge is 0.242 e. The Balaban J connectivity index is 2.19. The molecule has 0 aliphatic heterocycles. The zero-order chi connectivity index (χ0) is 11.4. The molecule has 0 aliphatic carbocycles. The van der Waals surface area contributed by atoms with E-state index in [-0.39, 0.29) is 5.91 Å². The first kappa shape index (κ1) is 10.4. The number of nitrogens with zero attached hydrogens (tertiary/aromatic N) is 2. The molecule has 1 atom stereocenters. The number of carbonyl (C=O) groups is 1. The van der Waals surface area contributed by atoms with E-state index in [1.165, 1.54) is 0 Å². The molecule has 82 valence electrons. The van der Waals surface area contributed by atoms with Crippen LogP contribution in [0.4, 0.5) is 0 Å². The first-order valence-corrected chi connectivity index (χ1v) is 5.10. The average Bonchev–Trinajstić information content (AvgIpc) is 2.80. The molecular weight excluding hydrogens is 202 g/mol. The first-order chi connectivity index (χ1) is 7.77. The van der Waals surface area contributed by atoms with Gasteiger partial charge in [0.1, 0.15) is 6.04 Å². The van der Waals surface area contributed by atoms with Crippen molar-refractivity contribution in [1.82, 2.24) is 9.78 Å². The van der Waals surface area contributed by atoms with E-state index in [0.29, 0.717) is 6.42 Å². The highest BCUT2D eigenvalue weighted by atomic mass is 16.1. The van der Waals surface area contributed by atoms with Gasteiger partial charge in [-0.1, -0.05) is 30.3 Å². The predicted molar refractivity (Wildman–Crippen MR) is 60.6 cm³/mol. The first-order valence-electron chi connectivity index (χ1n) is 5.10. The van der Waals surface area contributed by atoms with Gasteiger partial charge in [0.2, 0.25) is 5.91 Å². The number of aromatic nitrogens is 2. The summed E-state index contributed by atoms with van der Waals surface area (Å²) < 4.78 is 1.59.